The molecule has 0 fully saturated rings. The summed E-state index contributed by atoms with van der Waals surface area (Å²) in [5.74, 6) is 1.02. The van der Waals surface area contributed by atoms with Gasteiger partial charge in [0.15, 0.2) is 0 Å². The van der Waals surface area contributed by atoms with E-state index in [1.165, 1.54) is 10.4 Å². The van der Waals surface area contributed by atoms with Gasteiger partial charge in [0.05, 0.1) is 5.01 Å². The fraction of sp³-hybridized carbons (Fsp3) is 0.429. The Labute approximate surface area is 118 Å². The van der Waals surface area contributed by atoms with Gasteiger partial charge in [-0.3, -0.25) is 0 Å². The van der Waals surface area contributed by atoms with Crippen LogP contribution in [0.1, 0.15) is 22.4 Å². The van der Waals surface area contributed by atoms with Crippen LogP contribution in [0.4, 0.5) is 5.82 Å². The number of pyridine rings is 1. The Morgan fingerprint density at radius 1 is 1.21 bits per heavy atom. The van der Waals surface area contributed by atoms with Gasteiger partial charge in [-0.05, 0) is 25.5 Å². The highest BCUT2D eigenvalue weighted by Crippen LogP contribution is 2.12. The van der Waals surface area contributed by atoms with Crippen molar-refractivity contribution in [2.45, 2.75) is 26.9 Å². The lowest BCUT2D eigenvalue weighted by atomic mass is 10.2. The SMILES string of the molecule is CCN(C)c1ccc(CNCc2cnc(C)s2)cn1. The average Bonchev–Trinajstić information content (AvgIpc) is 2.84. The zero-order chi connectivity index (χ0) is 13.7. The Morgan fingerprint density at radius 2 is 2.05 bits per heavy atom. The number of hydrogen-bond donors (Lipinski definition) is 1. The first-order chi connectivity index (χ1) is 9.19. The van der Waals surface area contributed by atoms with Crippen molar-refractivity contribution in [2.75, 3.05) is 18.5 Å². The van der Waals surface area contributed by atoms with Crippen LogP contribution in [0, 0.1) is 6.92 Å². The van der Waals surface area contributed by atoms with Crippen LogP contribution >= 0.6 is 11.3 Å². The van der Waals surface area contributed by atoms with Gasteiger partial charge in [-0.15, -0.1) is 11.3 Å². The van der Waals surface area contributed by atoms with E-state index in [9.17, 15) is 0 Å². The molecule has 2 aromatic rings. The molecular formula is C14H20N4S. The van der Waals surface area contributed by atoms with E-state index in [0.29, 0.717) is 0 Å². The lowest BCUT2D eigenvalue weighted by Crippen LogP contribution is -2.17. The summed E-state index contributed by atoms with van der Waals surface area (Å²) < 4.78 is 0. The molecule has 0 atom stereocenters. The summed E-state index contributed by atoms with van der Waals surface area (Å²) in [6, 6.07) is 4.19. The standard InChI is InChI=1S/C14H20N4S/c1-4-18(3)14-6-5-12(8-17-14)7-15-9-13-10-16-11(2)19-13/h5-6,8,10,15H,4,7,9H2,1-3H3. The van der Waals surface area contributed by atoms with Crippen molar-refractivity contribution in [3.05, 3.63) is 40.0 Å². The minimum absolute atomic E-state index is 0.833. The Morgan fingerprint density at radius 3 is 2.63 bits per heavy atom. The van der Waals surface area contributed by atoms with E-state index in [0.717, 1.165) is 30.5 Å². The normalized spacial score (nSPS) is 10.7. The Balaban J connectivity index is 1.83. The molecular weight excluding hydrogens is 256 g/mol. The van der Waals surface area contributed by atoms with Crippen molar-refractivity contribution in [1.82, 2.24) is 15.3 Å². The third kappa shape index (κ3) is 4.01. The largest absolute Gasteiger partial charge is 0.360 e. The van der Waals surface area contributed by atoms with Crippen LogP contribution in [-0.4, -0.2) is 23.6 Å². The number of aryl methyl sites for hydroxylation is 1. The van der Waals surface area contributed by atoms with Gasteiger partial charge in [-0.2, -0.15) is 0 Å². The maximum absolute atomic E-state index is 4.46. The van der Waals surface area contributed by atoms with Crippen molar-refractivity contribution >= 4 is 17.2 Å². The lowest BCUT2D eigenvalue weighted by Gasteiger charge is -2.15. The summed E-state index contributed by atoms with van der Waals surface area (Å²) in [6.45, 7) is 6.81. The Kier molecular flexibility index (Phi) is 4.87. The van der Waals surface area contributed by atoms with Gasteiger partial charge < -0.3 is 10.2 Å². The van der Waals surface area contributed by atoms with Crippen molar-refractivity contribution in [3.8, 4) is 0 Å². The third-order valence-corrected chi connectivity index (χ3v) is 3.88. The number of anilines is 1. The van der Waals surface area contributed by atoms with Crippen LogP contribution in [0.5, 0.6) is 0 Å². The molecule has 1 N–H and O–H groups in total. The number of hydrogen-bond acceptors (Lipinski definition) is 5. The molecule has 0 saturated heterocycles. The lowest BCUT2D eigenvalue weighted by molar-refractivity contribution is 0.697. The van der Waals surface area contributed by atoms with Crippen LogP contribution in [-0.2, 0) is 13.1 Å². The molecule has 4 nitrogen and oxygen atoms in total. The highest BCUT2D eigenvalue weighted by molar-refractivity contribution is 7.11. The van der Waals surface area contributed by atoms with Crippen molar-refractivity contribution in [2.24, 2.45) is 0 Å². The van der Waals surface area contributed by atoms with Gasteiger partial charge in [-0.1, -0.05) is 6.07 Å². The topological polar surface area (TPSA) is 41.0 Å². The molecule has 19 heavy (non-hydrogen) atoms. The molecule has 2 rings (SSSR count). The molecule has 0 radical (unpaired) electrons. The Hall–Kier alpha value is -1.46. The number of nitrogens with zero attached hydrogens (tertiary/aromatic N) is 3. The van der Waals surface area contributed by atoms with Gasteiger partial charge in [-0.25, -0.2) is 9.97 Å². The molecule has 0 aliphatic carbocycles. The van der Waals surface area contributed by atoms with Crippen molar-refractivity contribution < 1.29 is 0 Å². The van der Waals surface area contributed by atoms with E-state index in [1.54, 1.807) is 11.3 Å². The zero-order valence-corrected chi connectivity index (χ0v) is 12.5. The van der Waals surface area contributed by atoms with E-state index in [4.69, 9.17) is 0 Å². The van der Waals surface area contributed by atoms with E-state index < -0.39 is 0 Å². The van der Waals surface area contributed by atoms with Gasteiger partial charge in [0, 0.05) is 44.0 Å². The summed E-state index contributed by atoms with van der Waals surface area (Å²) >= 11 is 1.74. The maximum atomic E-state index is 4.46. The van der Waals surface area contributed by atoms with Crippen LogP contribution in [0.25, 0.3) is 0 Å². The second kappa shape index (κ2) is 6.63. The maximum Gasteiger partial charge on any atom is 0.128 e. The summed E-state index contributed by atoms with van der Waals surface area (Å²) in [6.07, 6.45) is 3.87. The molecule has 0 aliphatic rings. The quantitative estimate of drug-likeness (QED) is 0.880. The number of nitrogens with one attached hydrogen (secondary N) is 1. The fourth-order valence-corrected chi connectivity index (χ4v) is 2.49. The molecule has 0 spiro atoms. The summed E-state index contributed by atoms with van der Waals surface area (Å²) in [4.78, 5) is 12.1. The molecule has 102 valence electrons. The van der Waals surface area contributed by atoms with E-state index in [1.807, 2.05) is 26.4 Å². The van der Waals surface area contributed by atoms with Gasteiger partial charge in [0.1, 0.15) is 5.82 Å². The minimum Gasteiger partial charge on any atom is -0.360 e. The number of rotatable bonds is 6. The second-order valence-corrected chi connectivity index (χ2v) is 5.81. The summed E-state index contributed by atoms with van der Waals surface area (Å²) in [5.41, 5.74) is 1.20. The van der Waals surface area contributed by atoms with Crippen molar-refractivity contribution in [3.63, 3.8) is 0 Å². The van der Waals surface area contributed by atoms with E-state index in [-0.39, 0.29) is 0 Å². The summed E-state index contributed by atoms with van der Waals surface area (Å²) in [5, 5.41) is 4.53. The first-order valence-electron chi connectivity index (χ1n) is 6.47. The molecule has 2 heterocycles. The monoisotopic (exact) mass is 276 g/mol. The number of thiazole rings is 1. The minimum atomic E-state index is 0.833. The van der Waals surface area contributed by atoms with Crippen LogP contribution in [0.3, 0.4) is 0 Å². The van der Waals surface area contributed by atoms with Crippen molar-refractivity contribution in [1.29, 1.82) is 0 Å². The predicted molar refractivity (Wildman–Crippen MR) is 80.6 cm³/mol. The third-order valence-electron chi connectivity index (χ3n) is 2.97. The molecule has 2 aromatic heterocycles. The smallest absolute Gasteiger partial charge is 0.128 e. The second-order valence-electron chi connectivity index (χ2n) is 4.49. The molecule has 5 heteroatoms. The molecule has 0 amide bonds. The van der Waals surface area contributed by atoms with Crippen LogP contribution in [0.15, 0.2) is 24.5 Å². The first kappa shape index (κ1) is 14.0. The predicted octanol–water partition coefficient (Wildman–Crippen LogP) is 2.59. The average molecular weight is 276 g/mol. The number of aromatic nitrogens is 2. The van der Waals surface area contributed by atoms with E-state index in [2.05, 4.69) is 39.2 Å². The Bertz CT molecular complexity index is 506. The van der Waals surface area contributed by atoms with Gasteiger partial charge >= 0.3 is 0 Å². The fourth-order valence-electron chi connectivity index (χ4n) is 1.73. The molecule has 0 bridgehead atoms. The highest BCUT2D eigenvalue weighted by atomic mass is 32.1. The molecule has 0 aromatic carbocycles. The van der Waals surface area contributed by atoms with Crippen LogP contribution in [0.2, 0.25) is 0 Å². The van der Waals surface area contributed by atoms with Gasteiger partial charge in [0.2, 0.25) is 0 Å². The van der Waals surface area contributed by atoms with Gasteiger partial charge in [0.25, 0.3) is 0 Å². The van der Waals surface area contributed by atoms with E-state index >= 15 is 0 Å². The zero-order valence-electron chi connectivity index (χ0n) is 11.7. The van der Waals surface area contributed by atoms with Crippen LogP contribution < -0.4 is 10.2 Å². The first-order valence-corrected chi connectivity index (χ1v) is 7.28. The molecule has 0 saturated carbocycles. The molecule has 0 aliphatic heterocycles. The molecule has 0 unspecified atom stereocenters. The highest BCUT2D eigenvalue weighted by Gasteiger charge is 2.01. The summed E-state index contributed by atoms with van der Waals surface area (Å²) in [7, 11) is 2.05.